The number of methoxy groups -OCH3 is 1. The molecule has 1 aromatic rings. The molecule has 1 saturated heterocycles. The van der Waals surface area contributed by atoms with Gasteiger partial charge in [0.1, 0.15) is 5.75 Å². The highest BCUT2D eigenvalue weighted by Crippen LogP contribution is 2.33. The second kappa shape index (κ2) is 10.3. The number of carbonyl (C=O) groups is 2. The van der Waals surface area contributed by atoms with Crippen LogP contribution >= 0.6 is 0 Å². The van der Waals surface area contributed by atoms with E-state index in [9.17, 15) is 9.59 Å². The molecular weight excluding hydrogens is 384 g/mol. The lowest BCUT2D eigenvalue weighted by atomic mass is 9.94. The predicted molar refractivity (Wildman–Crippen MR) is 114 cm³/mol. The van der Waals surface area contributed by atoms with Crippen LogP contribution in [0.4, 0.5) is 4.79 Å². The van der Waals surface area contributed by atoms with E-state index in [1.807, 2.05) is 37.3 Å². The molecule has 2 heterocycles. The van der Waals surface area contributed by atoms with Crippen LogP contribution in [-0.4, -0.2) is 74.8 Å². The molecule has 0 aliphatic carbocycles. The SMILES string of the molecule is C=CCN1CCN(CC2=C(C(=O)OC)C(c3ccccc3OCC)NC(=O)N2)CC1. The Morgan fingerprint density at radius 3 is 2.60 bits per heavy atom. The summed E-state index contributed by atoms with van der Waals surface area (Å²) in [6.07, 6.45) is 1.90. The van der Waals surface area contributed by atoms with Crippen molar-refractivity contribution in [3.63, 3.8) is 0 Å². The van der Waals surface area contributed by atoms with Gasteiger partial charge in [-0.1, -0.05) is 24.3 Å². The predicted octanol–water partition coefficient (Wildman–Crippen LogP) is 1.67. The summed E-state index contributed by atoms with van der Waals surface area (Å²) >= 11 is 0. The highest BCUT2D eigenvalue weighted by molar-refractivity contribution is 5.95. The molecule has 30 heavy (non-hydrogen) atoms. The first-order valence-corrected chi connectivity index (χ1v) is 10.2. The average Bonchev–Trinajstić information content (AvgIpc) is 2.75. The van der Waals surface area contributed by atoms with Crippen molar-refractivity contribution in [3.05, 3.63) is 53.8 Å². The van der Waals surface area contributed by atoms with Crippen molar-refractivity contribution in [1.29, 1.82) is 0 Å². The van der Waals surface area contributed by atoms with Gasteiger partial charge in [0.2, 0.25) is 0 Å². The maximum Gasteiger partial charge on any atom is 0.338 e. The minimum absolute atomic E-state index is 0.348. The summed E-state index contributed by atoms with van der Waals surface area (Å²) in [5.41, 5.74) is 1.69. The molecule has 3 rings (SSSR count). The van der Waals surface area contributed by atoms with Crippen LogP contribution in [0.3, 0.4) is 0 Å². The van der Waals surface area contributed by atoms with Gasteiger partial charge in [0.15, 0.2) is 0 Å². The van der Waals surface area contributed by atoms with Gasteiger partial charge in [-0.05, 0) is 13.0 Å². The first kappa shape index (κ1) is 21.9. The van der Waals surface area contributed by atoms with E-state index in [2.05, 4.69) is 27.0 Å². The Bertz CT molecular complexity index is 815. The van der Waals surface area contributed by atoms with Gasteiger partial charge in [-0.15, -0.1) is 6.58 Å². The normalized spacial score (nSPS) is 20.3. The topological polar surface area (TPSA) is 83.1 Å². The van der Waals surface area contributed by atoms with Gasteiger partial charge < -0.3 is 20.1 Å². The summed E-state index contributed by atoms with van der Waals surface area (Å²) in [6, 6.07) is 6.42. The van der Waals surface area contributed by atoms with Crippen LogP contribution in [-0.2, 0) is 9.53 Å². The first-order valence-electron chi connectivity index (χ1n) is 10.2. The standard InChI is InChI=1S/C22H30N4O4/c1-4-10-25-11-13-26(14-12-25)15-17-19(21(27)29-3)20(24-22(28)23-17)16-8-6-7-9-18(16)30-5-2/h4,6-9,20H,1,5,10-15H2,2-3H3,(H2,23,24,28). The van der Waals surface area contributed by atoms with Crippen molar-refractivity contribution in [2.24, 2.45) is 0 Å². The van der Waals surface area contributed by atoms with E-state index >= 15 is 0 Å². The maximum atomic E-state index is 12.8. The number of carbonyl (C=O) groups excluding carboxylic acids is 2. The van der Waals surface area contributed by atoms with Gasteiger partial charge in [0, 0.05) is 50.5 Å². The Morgan fingerprint density at radius 2 is 1.93 bits per heavy atom. The Labute approximate surface area is 177 Å². The summed E-state index contributed by atoms with van der Waals surface area (Å²) in [7, 11) is 1.35. The van der Waals surface area contributed by atoms with Crippen LogP contribution in [0.5, 0.6) is 5.75 Å². The third kappa shape index (κ3) is 5.01. The Kier molecular flexibility index (Phi) is 7.48. The molecule has 2 aliphatic heterocycles. The first-order chi connectivity index (χ1) is 14.6. The lowest BCUT2D eigenvalue weighted by Gasteiger charge is -2.36. The number of amides is 2. The van der Waals surface area contributed by atoms with Crippen molar-refractivity contribution in [2.75, 3.05) is 53.0 Å². The van der Waals surface area contributed by atoms with E-state index in [0.29, 0.717) is 30.2 Å². The molecule has 2 amide bonds. The number of para-hydroxylation sites is 1. The number of esters is 1. The van der Waals surface area contributed by atoms with Gasteiger partial charge in [-0.25, -0.2) is 9.59 Å². The number of rotatable bonds is 8. The number of benzene rings is 1. The molecule has 0 aromatic heterocycles. The fraction of sp³-hybridized carbons (Fsp3) is 0.455. The summed E-state index contributed by atoms with van der Waals surface area (Å²) in [5, 5.41) is 5.69. The van der Waals surface area contributed by atoms with E-state index in [-0.39, 0.29) is 6.03 Å². The van der Waals surface area contributed by atoms with Crippen LogP contribution in [0.25, 0.3) is 0 Å². The van der Waals surface area contributed by atoms with Gasteiger partial charge in [0.05, 0.1) is 25.3 Å². The molecule has 0 bridgehead atoms. The number of piperazine rings is 1. The second-order valence-electron chi connectivity index (χ2n) is 7.25. The number of hydrogen-bond acceptors (Lipinski definition) is 6. The van der Waals surface area contributed by atoms with E-state index < -0.39 is 12.0 Å². The number of urea groups is 1. The molecular formula is C22H30N4O4. The molecule has 1 aromatic carbocycles. The monoisotopic (exact) mass is 414 g/mol. The zero-order chi connectivity index (χ0) is 21.5. The molecule has 162 valence electrons. The average molecular weight is 415 g/mol. The lowest BCUT2D eigenvalue weighted by molar-refractivity contribution is -0.136. The smallest absolute Gasteiger partial charge is 0.338 e. The largest absolute Gasteiger partial charge is 0.494 e. The molecule has 2 aliphatic rings. The number of hydrogen-bond donors (Lipinski definition) is 2. The van der Waals surface area contributed by atoms with Crippen LogP contribution in [0, 0.1) is 0 Å². The molecule has 2 N–H and O–H groups in total. The van der Waals surface area contributed by atoms with Crippen LogP contribution in [0.2, 0.25) is 0 Å². The molecule has 8 nitrogen and oxygen atoms in total. The Balaban J connectivity index is 1.91. The van der Waals surface area contributed by atoms with Crippen molar-refractivity contribution < 1.29 is 19.1 Å². The zero-order valence-corrected chi connectivity index (χ0v) is 17.6. The third-order valence-electron chi connectivity index (χ3n) is 5.32. The van der Waals surface area contributed by atoms with E-state index in [1.165, 1.54) is 7.11 Å². The van der Waals surface area contributed by atoms with Crippen molar-refractivity contribution in [3.8, 4) is 5.75 Å². The zero-order valence-electron chi connectivity index (χ0n) is 17.6. The molecule has 0 saturated carbocycles. The second-order valence-corrected chi connectivity index (χ2v) is 7.25. The molecule has 0 radical (unpaired) electrons. The van der Waals surface area contributed by atoms with Crippen LogP contribution < -0.4 is 15.4 Å². The minimum atomic E-state index is -0.647. The molecule has 0 spiro atoms. The Morgan fingerprint density at radius 1 is 1.23 bits per heavy atom. The summed E-state index contributed by atoms with van der Waals surface area (Å²) in [5.74, 6) is 0.157. The quantitative estimate of drug-likeness (QED) is 0.497. The van der Waals surface area contributed by atoms with Crippen LogP contribution in [0.1, 0.15) is 18.5 Å². The number of nitrogens with zero attached hydrogens (tertiary/aromatic N) is 2. The molecule has 1 atom stereocenters. The van der Waals surface area contributed by atoms with E-state index in [1.54, 1.807) is 0 Å². The van der Waals surface area contributed by atoms with Gasteiger partial charge in [-0.3, -0.25) is 9.80 Å². The minimum Gasteiger partial charge on any atom is -0.494 e. The van der Waals surface area contributed by atoms with Gasteiger partial charge in [-0.2, -0.15) is 0 Å². The summed E-state index contributed by atoms with van der Waals surface area (Å²) < 4.78 is 10.8. The fourth-order valence-corrected chi connectivity index (χ4v) is 3.87. The molecule has 1 fully saturated rings. The Hall–Kier alpha value is -2.84. The fourth-order valence-electron chi connectivity index (χ4n) is 3.87. The van der Waals surface area contributed by atoms with E-state index in [4.69, 9.17) is 9.47 Å². The van der Waals surface area contributed by atoms with E-state index in [0.717, 1.165) is 38.3 Å². The van der Waals surface area contributed by atoms with Crippen molar-refractivity contribution in [1.82, 2.24) is 20.4 Å². The number of ether oxygens (including phenoxy) is 2. The lowest BCUT2D eigenvalue weighted by Crippen LogP contribution is -2.51. The molecule has 8 heteroatoms. The highest BCUT2D eigenvalue weighted by atomic mass is 16.5. The number of nitrogens with one attached hydrogen (secondary N) is 2. The van der Waals surface area contributed by atoms with Crippen molar-refractivity contribution >= 4 is 12.0 Å². The highest BCUT2D eigenvalue weighted by Gasteiger charge is 2.35. The molecule has 1 unspecified atom stereocenters. The summed E-state index contributed by atoms with van der Waals surface area (Å²) in [6.45, 7) is 11.0. The van der Waals surface area contributed by atoms with Crippen LogP contribution in [0.15, 0.2) is 48.2 Å². The third-order valence-corrected chi connectivity index (χ3v) is 5.32. The van der Waals surface area contributed by atoms with Gasteiger partial charge in [0.25, 0.3) is 0 Å². The summed E-state index contributed by atoms with van der Waals surface area (Å²) in [4.78, 5) is 29.8. The van der Waals surface area contributed by atoms with Gasteiger partial charge >= 0.3 is 12.0 Å². The van der Waals surface area contributed by atoms with Crippen molar-refractivity contribution in [2.45, 2.75) is 13.0 Å². The maximum absolute atomic E-state index is 12.8.